The number of pyridine rings is 1. The maximum atomic E-state index is 13.4. The lowest BCUT2D eigenvalue weighted by atomic mass is 9.96. The van der Waals surface area contributed by atoms with Gasteiger partial charge in [-0.05, 0) is 43.0 Å². The number of fused-ring (bicyclic) bond motifs is 1. The smallest absolute Gasteiger partial charge is 0.267 e. The zero-order valence-corrected chi connectivity index (χ0v) is 19.2. The van der Waals surface area contributed by atoms with E-state index in [0.29, 0.717) is 50.4 Å². The van der Waals surface area contributed by atoms with Crippen LogP contribution in [0.4, 0.5) is 5.82 Å². The van der Waals surface area contributed by atoms with Crippen molar-refractivity contribution in [3.05, 3.63) is 81.8 Å². The lowest BCUT2D eigenvalue weighted by Crippen LogP contribution is -2.40. The van der Waals surface area contributed by atoms with Crippen LogP contribution < -0.4 is 21.5 Å². The van der Waals surface area contributed by atoms with Gasteiger partial charge in [-0.1, -0.05) is 36.4 Å². The first-order valence-electron chi connectivity index (χ1n) is 11.5. The Morgan fingerprint density at radius 1 is 1.14 bits per heavy atom. The summed E-state index contributed by atoms with van der Waals surface area (Å²) >= 11 is 0. The number of carbonyl (C=O) groups excluding carboxylic acids is 2. The lowest BCUT2D eigenvalue weighted by Gasteiger charge is -2.32. The Hall–Kier alpha value is -4.45. The summed E-state index contributed by atoms with van der Waals surface area (Å²) in [5.41, 5.74) is 6.56. The predicted molar refractivity (Wildman–Crippen MR) is 132 cm³/mol. The first-order chi connectivity index (χ1) is 17.0. The van der Waals surface area contributed by atoms with Gasteiger partial charge < -0.3 is 16.0 Å². The molecule has 0 atom stereocenters. The number of rotatable bonds is 7. The Morgan fingerprint density at radius 3 is 2.54 bits per heavy atom. The number of primary amides is 1. The van der Waals surface area contributed by atoms with Crippen molar-refractivity contribution in [2.45, 2.75) is 19.3 Å². The number of nitrogens with one attached hydrogen (secondary N) is 1. The second-order valence-corrected chi connectivity index (χ2v) is 8.41. The van der Waals surface area contributed by atoms with Gasteiger partial charge in [0.25, 0.3) is 11.5 Å². The summed E-state index contributed by atoms with van der Waals surface area (Å²) in [6, 6.07) is 16.8. The molecular weight excluding hydrogens is 444 g/mol. The van der Waals surface area contributed by atoms with E-state index in [0.717, 1.165) is 5.56 Å². The lowest BCUT2D eigenvalue weighted by molar-refractivity contribution is -0.122. The highest BCUT2D eigenvalue weighted by Crippen LogP contribution is 2.25. The van der Waals surface area contributed by atoms with Gasteiger partial charge in [0.05, 0.1) is 5.56 Å². The Kier molecular flexibility index (Phi) is 7.21. The second kappa shape index (κ2) is 10.7. The molecule has 0 aliphatic carbocycles. The summed E-state index contributed by atoms with van der Waals surface area (Å²) in [6.07, 6.45) is 4.60. The van der Waals surface area contributed by atoms with Gasteiger partial charge in [0.1, 0.15) is 23.1 Å². The number of anilines is 1. The summed E-state index contributed by atoms with van der Waals surface area (Å²) in [6.45, 7) is 1.31. The molecule has 2 amide bonds. The number of piperidine rings is 1. The molecule has 0 saturated carbocycles. The molecule has 1 aliphatic rings. The summed E-state index contributed by atoms with van der Waals surface area (Å²) in [7, 11) is 0. The van der Waals surface area contributed by atoms with Crippen LogP contribution in [0.5, 0.6) is 0 Å². The molecule has 4 rings (SSSR count). The summed E-state index contributed by atoms with van der Waals surface area (Å²) in [5.74, 6) is -0.736. The number of nitrogens with two attached hydrogens (primary N) is 1. The van der Waals surface area contributed by atoms with E-state index in [1.165, 1.54) is 10.5 Å². The summed E-state index contributed by atoms with van der Waals surface area (Å²) in [5, 5.41) is 12.5. The molecule has 9 heteroatoms. The van der Waals surface area contributed by atoms with Crippen molar-refractivity contribution in [3.8, 4) is 6.07 Å². The monoisotopic (exact) mass is 470 g/mol. The molecule has 0 bridgehead atoms. The molecule has 0 radical (unpaired) electrons. The van der Waals surface area contributed by atoms with E-state index in [1.807, 2.05) is 41.3 Å². The van der Waals surface area contributed by atoms with Crippen LogP contribution in [0.15, 0.2) is 65.1 Å². The Labute approximate surface area is 202 Å². The van der Waals surface area contributed by atoms with Crippen LogP contribution in [-0.2, 0) is 16.0 Å². The average molecular weight is 471 g/mol. The maximum absolute atomic E-state index is 13.4. The van der Waals surface area contributed by atoms with Crippen LogP contribution in [0.25, 0.3) is 11.7 Å². The van der Waals surface area contributed by atoms with Gasteiger partial charge in [0.15, 0.2) is 0 Å². The standard InChI is InChI=1S/C26H26N6O3/c27-17-20(25(34)29-12-9-18-6-2-1-3-7-18)16-21-24(31-14-10-19(11-15-31)23(28)33)30-22-8-4-5-13-32(22)26(21)35/h1-8,13,16,19H,9-12,14-15H2,(H2,28,33)(H,29,34)/b20-16+. The third-order valence-electron chi connectivity index (χ3n) is 6.14. The van der Waals surface area contributed by atoms with E-state index in [-0.39, 0.29) is 28.5 Å². The van der Waals surface area contributed by atoms with Crippen molar-refractivity contribution >= 4 is 29.4 Å². The Bertz CT molecular complexity index is 1370. The van der Waals surface area contributed by atoms with Crippen molar-refractivity contribution in [1.29, 1.82) is 5.26 Å². The van der Waals surface area contributed by atoms with E-state index in [2.05, 4.69) is 10.3 Å². The highest BCUT2D eigenvalue weighted by molar-refractivity contribution is 6.02. The minimum atomic E-state index is -0.556. The topological polar surface area (TPSA) is 134 Å². The van der Waals surface area contributed by atoms with Crippen molar-refractivity contribution < 1.29 is 9.59 Å². The van der Waals surface area contributed by atoms with Gasteiger partial charge in [-0.2, -0.15) is 5.26 Å². The summed E-state index contributed by atoms with van der Waals surface area (Å²) in [4.78, 5) is 44.3. The molecule has 0 unspecified atom stereocenters. The second-order valence-electron chi connectivity index (χ2n) is 8.41. The molecular formula is C26H26N6O3. The van der Waals surface area contributed by atoms with Crippen molar-refractivity contribution in [3.63, 3.8) is 0 Å². The van der Waals surface area contributed by atoms with Gasteiger partial charge in [0.2, 0.25) is 5.91 Å². The number of hydrogen-bond acceptors (Lipinski definition) is 6. The van der Waals surface area contributed by atoms with Gasteiger partial charge >= 0.3 is 0 Å². The number of hydrogen-bond donors (Lipinski definition) is 2. The minimum Gasteiger partial charge on any atom is -0.369 e. The van der Waals surface area contributed by atoms with Crippen LogP contribution in [0, 0.1) is 17.2 Å². The SMILES string of the molecule is N#C/C(=C\c1c(N2CCC(C(N)=O)CC2)nc2ccccn2c1=O)C(=O)NCCc1ccccc1. The third-order valence-corrected chi connectivity index (χ3v) is 6.14. The molecule has 35 heavy (non-hydrogen) atoms. The number of aromatic nitrogens is 2. The molecule has 0 spiro atoms. The van der Waals surface area contributed by atoms with Gasteiger partial charge in [-0.3, -0.25) is 18.8 Å². The molecule has 1 fully saturated rings. The zero-order valence-electron chi connectivity index (χ0n) is 19.2. The average Bonchev–Trinajstić information content (AvgIpc) is 2.88. The van der Waals surface area contributed by atoms with Crippen molar-refractivity contribution in [2.75, 3.05) is 24.5 Å². The number of amides is 2. The molecule has 3 N–H and O–H groups in total. The highest BCUT2D eigenvalue weighted by atomic mass is 16.2. The third kappa shape index (κ3) is 5.38. The van der Waals surface area contributed by atoms with Crippen LogP contribution >= 0.6 is 0 Å². The van der Waals surface area contributed by atoms with E-state index in [1.54, 1.807) is 24.4 Å². The largest absolute Gasteiger partial charge is 0.369 e. The molecule has 1 aromatic carbocycles. The van der Waals surface area contributed by atoms with Gasteiger partial charge in [-0.15, -0.1) is 0 Å². The van der Waals surface area contributed by atoms with E-state index < -0.39 is 5.91 Å². The fourth-order valence-corrected chi connectivity index (χ4v) is 4.19. The number of nitriles is 1. The maximum Gasteiger partial charge on any atom is 0.267 e. The minimum absolute atomic E-state index is 0.154. The molecule has 1 saturated heterocycles. The van der Waals surface area contributed by atoms with E-state index >= 15 is 0 Å². The van der Waals surface area contributed by atoms with E-state index in [4.69, 9.17) is 5.73 Å². The van der Waals surface area contributed by atoms with Crippen LogP contribution in [0.2, 0.25) is 0 Å². The zero-order chi connectivity index (χ0) is 24.8. The van der Waals surface area contributed by atoms with Crippen LogP contribution in [0.3, 0.4) is 0 Å². The summed E-state index contributed by atoms with van der Waals surface area (Å²) < 4.78 is 1.38. The van der Waals surface area contributed by atoms with Crippen molar-refractivity contribution in [1.82, 2.24) is 14.7 Å². The Balaban J connectivity index is 1.64. The van der Waals surface area contributed by atoms with Gasteiger partial charge in [0, 0.05) is 31.7 Å². The Morgan fingerprint density at radius 2 is 1.86 bits per heavy atom. The first-order valence-corrected chi connectivity index (χ1v) is 11.5. The van der Waals surface area contributed by atoms with Gasteiger partial charge in [-0.25, -0.2) is 4.98 Å². The normalized spacial score (nSPS) is 14.5. The van der Waals surface area contributed by atoms with Crippen molar-refractivity contribution in [2.24, 2.45) is 11.7 Å². The molecule has 2 aromatic heterocycles. The molecule has 3 heterocycles. The predicted octanol–water partition coefficient (Wildman–Crippen LogP) is 1.66. The molecule has 178 valence electrons. The number of benzene rings is 1. The van der Waals surface area contributed by atoms with Crippen LogP contribution in [0.1, 0.15) is 24.0 Å². The number of carbonyl (C=O) groups is 2. The molecule has 1 aliphatic heterocycles. The first kappa shape index (κ1) is 23.7. The molecule has 3 aromatic rings. The molecule has 9 nitrogen and oxygen atoms in total. The fourth-order valence-electron chi connectivity index (χ4n) is 4.19. The fraction of sp³-hybridized carbons (Fsp3) is 0.269. The highest BCUT2D eigenvalue weighted by Gasteiger charge is 2.26. The quantitative estimate of drug-likeness (QED) is 0.399. The van der Waals surface area contributed by atoms with Crippen LogP contribution in [-0.4, -0.2) is 40.8 Å². The number of nitrogens with zero attached hydrogens (tertiary/aromatic N) is 4. The van der Waals surface area contributed by atoms with E-state index in [9.17, 15) is 19.6 Å².